The number of nitrogens with two attached hydrogens (primary N) is 1. The molecule has 1 unspecified atom stereocenters. The van der Waals surface area contributed by atoms with E-state index in [2.05, 4.69) is 16.8 Å². The zero-order chi connectivity index (χ0) is 14.8. The molecule has 1 aromatic carbocycles. The summed E-state index contributed by atoms with van der Waals surface area (Å²) < 4.78 is 5.11. The first-order valence-corrected chi connectivity index (χ1v) is 7.87. The van der Waals surface area contributed by atoms with Gasteiger partial charge in [-0.05, 0) is 48.4 Å². The Kier molecular flexibility index (Phi) is 3.84. The summed E-state index contributed by atoms with van der Waals surface area (Å²) in [6.45, 7) is 0. The lowest BCUT2D eigenvalue weighted by Crippen LogP contribution is -2.30. The van der Waals surface area contributed by atoms with Crippen LogP contribution in [0.4, 0.5) is 5.69 Å². The highest BCUT2D eigenvalue weighted by atomic mass is 32.1. The number of nitrogen functional groups attached to an aromatic ring is 1. The van der Waals surface area contributed by atoms with E-state index in [0.29, 0.717) is 17.0 Å². The molecule has 3 rings (SSSR count). The number of fused-ring (bicyclic) bond motifs is 1. The van der Waals surface area contributed by atoms with Gasteiger partial charge in [-0.2, -0.15) is 0 Å². The van der Waals surface area contributed by atoms with E-state index in [1.165, 1.54) is 10.4 Å². The van der Waals surface area contributed by atoms with Gasteiger partial charge < -0.3 is 15.8 Å². The Hall–Kier alpha value is -2.01. The Morgan fingerprint density at radius 2 is 2.29 bits per heavy atom. The van der Waals surface area contributed by atoms with Crippen molar-refractivity contribution < 1.29 is 9.53 Å². The predicted octanol–water partition coefficient (Wildman–Crippen LogP) is 3.15. The number of anilines is 1. The van der Waals surface area contributed by atoms with Gasteiger partial charge in [-0.15, -0.1) is 11.3 Å². The van der Waals surface area contributed by atoms with Crippen molar-refractivity contribution in [1.29, 1.82) is 0 Å². The third-order valence-corrected chi connectivity index (χ3v) is 4.86. The topological polar surface area (TPSA) is 64.3 Å². The molecule has 0 fully saturated rings. The molecule has 4 nitrogen and oxygen atoms in total. The highest BCUT2D eigenvalue weighted by Crippen LogP contribution is 2.33. The maximum atomic E-state index is 12.4. The largest absolute Gasteiger partial charge is 0.497 e. The predicted molar refractivity (Wildman–Crippen MR) is 84.9 cm³/mol. The summed E-state index contributed by atoms with van der Waals surface area (Å²) in [6.07, 6.45) is 3.20. The zero-order valence-electron chi connectivity index (χ0n) is 11.9. The van der Waals surface area contributed by atoms with Crippen molar-refractivity contribution in [2.24, 2.45) is 0 Å². The van der Waals surface area contributed by atoms with E-state index in [-0.39, 0.29) is 11.9 Å². The first-order valence-electron chi connectivity index (χ1n) is 6.99. The molecule has 0 saturated carbocycles. The van der Waals surface area contributed by atoms with Gasteiger partial charge in [0.25, 0.3) is 5.91 Å². The molecule has 1 aliphatic carbocycles. The monoisotopic (exact) mass is 302 g/mol. The van der Waals surface area contributed by atoms with Gasteiger partial charge in [0.2, 0.25) is 0 Å². The molecular formula is C16H18N2O2S. The van der Waals surface area contributed by atoms with Crippen LogP contribution in [0.1, 0.15) is 39.7 Å². The van der Waals surface area contributed by atoms with Crippen molar-refractivity contribution in [1.82, 2.24) is 5.32 Å². The number of nitrogens with one attached hydrogen (secondary N) is 1. The number of hydrogen-bond acceptors (Lipinski definition) is 4. The molecule has 0 radical (unpaired) electrons. The summed E-state index contributed by atoms with van der Waals surface area (Å²) in [4.78, 5) is 13.8. The Balaban J connectivity index is 1.79. The van der Waals surface area contributed by atoms with Crippen LogP contribution < -0.4 is 15.8 Å². The van der Waals surface area contributed by atoms with Crippen LogP contribution in [0.15, 0.2) is 29.6 Å². The van der Waals surface area contributed by atoms with Crippen LogP contribution in [0, 0.1) is 0 Å². The highest BCUT2D eigenvalue weighted by Gasteiger charge is 2.23. The van der Waals surface area contributed by atoms with Crippen molar-refractivity contribution in [3.05, 3.63) is 45.6 Å². The number of amides is 1. The minimum Gasteiger partial charge on any atom is -0.497 e. The fourth-order valence-corrected chi connectivity index (χ4v) is 3.73. The summed E-state index contributed by atoms with van der Waals surface area (Å²) in [6, 6.07) is 7.34. The molecule has 110 valence electrons. The normalized spacial score (nSPS) is 17.1. The minimum absolute atomic E-state index is 0.0917. The molecule has 0 spiro atoms. The number of ether oxygens (including phenoxy) is 1. The fourth-order valence-electron chi connectivity index (χ4n) is 2.75. The zero-order valence-corrected chi connectivity index (χ0v) is 12.7. The third kappa shape index (κ3) is 2.74. The van der Waals surface area contributed by atoms with Crippen molar-refractivity contribution in [3.8, 4) is 5.75 Å². The van der Waals surface area contributed by atoms with Crippen molar-refractivity contribution in [2.45, 2.75) is 25.3 Å². The van der Waals surface area contributed by atoms with Crippen molar-refractivity contribution in [2.75, 3.05) is 12.8 Å². The number of benzene rings is 1. The second-order valence-corrected chi connectivity index (χ2v) is 6.17. The molecular weight excluding hydrogens is 284 g/mol. The van der Waals surface area contributed by atoms with Crippen LogP contribution in [-0.2, 0) is 6.42 Å². The van der Waals surface area contributed by atoms with Crippen LogP contribution in [-0.4, -0.2) is 13.0 Å². The molecule has 1 amide bonds. The Labute approximate surface area is 127 Å². The Morgan fingerprint density at radius 3 is 3.05 bits per heavy atom. The first kappa shape index (κ1) is 13.9. The fraction of sp³-hybridized carbons (Fsp3) is 0.312. The molecule has 0 aliphatic heterocycles. The lowest BCUT2D eigenvalue weighted by atomic mass is 9.94. The second kappa shape index (κ2) is 5.77. The molecule has 1 aromatic heterocycles. The maximum absolute atomic E-state index is 12.4. The van der Waals surface area contributed by atoms with Gasteiger partial charge in [-0.25, -0.2) is 0 Å². The van der Waals surface area contributed by atoms with Crippen molar-refractivity contribution in [3.63, 3.8) is 0 Å². The van der Waals surface area contributed by atoms with Crippen LogP contribution in [0.25, 0.3) is 0 Å². The molecule has 0 bridgehead atoms. The highest BCUT2D eigenvalue weighted by molar-refractivity contribution is 7.10. The molecule has 21 heavy (non-hydrogen) atoms. The average molecular weight is 302 g/mol. The van der Waals surface area contributed by atoms with Gasteiger partial charge in [0.05, 0.1) is 18.7 Å². The van der Waals surface area contributed by atoms with Gasteiger partial charge in [0.1, 0.15) is 5.75 Å². The number of hydrogen-bond donors (Lipinski definition) is 2. The molecule has 1 atom stereocenters. The summed E-state index contributed by atoms with van der Waals surface area (Å²) in [5, 5.41) is 5.20. The average Bonchev–Trinajstić information content (AvgIpc) is 2.96. The van der Waals surface area contributed by atoms with E-state index in [1.54, 1.807) is 36.6 Å². The van der Waals surface area contributed by atoms with Gasteiger partial charge >= 0.3 is 0 Å². The van der Waals surface area contributed by atoms with E-state index in [0.717, 1.165) is 19.3 Å². The molecule has 3 N–H and O–H groups in total. The van der Waals surface area contributed by atoms with E-state index in [9.17, 15) is 4.79 Å². The molecule has 5 heteroatoms. The van der Waals surface area contributed by atoms with Gasteiger partial charge in [-0.1, -0.05) is 0 Å². The standard InChI is InChI=1S/C16H18N2O2S/c1-20-10-5-6-11(13(17)9-10)16(19)18-14-3-2-4-15-12(14)7-8-21-15/h5-9,14H,2-4,17H2,1H3,(H,18,19). The molecule has 0 saturated heterocycles. The second-order valence-electron chi connectivity index (χ2n) is 5.17. The summed E-state index contributed by atoms with van der Waals surface area (Å²) in [5.74, 6) is 0.529. The Bertz CT molecular complexity index is 666. The molecule has 1 heterocycles. The van der Waals surface area contributed by atoms with E-state index in [4.69, 9.17) is 10.5 Å². The van der Waals surface area contributed by atoms with Crippen LogP contribution in [0.2, 0.25) is 0 Å². The van der Waals surface area contributed by atoms with E-state index >= 15 is 0 Å². The van der Waals surface area contributed by atoms with Crippen LogP contribution >= 0.6 is 11.3 Å². The van der Waals surface area contributed by atoms with E-state index in [1.807, 2.05) is 0 Å². The summed E-state index contributed by atoms with van der Waals surface area (Å²) >= 11 is 1.77. The van der Waals surface area contributed by atoms with Gasteiger partial charge in [-0.3, -0.25) is 4.79 Å². The summed E-state index contributed by atoms with van der Waals surface area (Å²) in [7, 11) is 1.58. The SMILES string of the molecule is COc1ccc(C(=O)NC2CCCc3sccc32)c(N)c1. The van der Waals surface area contributed by atoms with Gasteiger partial charge in [0, 0.05) is 16.6 Å². The number of carbonyl (C=O) groups excluding carboxylic acids is 1. The van der Waals surface area contributed by atoms with Crippen LogP contribution in [0.3, 0.4) is 0 Å². The van der Waals surface area contributed by atoms with Gasteiger partial charge in [0.15, 0.2) is 0 Å². The third-order valence-electron chi connectivity index (χ3n) is 3.86. The number of thiophene rings is 1. The Morgan fingerprint density at radius 1 is 1.43 bits per heavy atom. The molecule has 2 aromatic rings. The minimum atomic E-state index is -0.126. The van der Waals surface area contributed by atoms with E-state index < -0.39 is 0 Å². The van der Waals surface area contributed by atoms with Crippen molar-refractivity contribution >= 4 is 22.9 Å². The lowest BCUT2D eigenvalue weighted by Gasteiger charge is -2.24. The molecule has 1 aliphatic rings. The summed E-state index contributed by atoms with van der Waals surface area (Å²) in [5.41, 5.74) is 8.13. The number of methoxy groups -OCH3 is 1. The quantitative estimate of drug-likeness (QED) is 0.856. The smallest absolute Gasteiger partial charge is 0.253 e. The number of carbonyl (C=O) groups is 1. The number of aryl methyl sites for hydroxylation is 1. The first-order chi connectivity index (χ1) is 10.2. The lowest BCUT2D eigenvalue weighted by molar-refractivity contribution is 0.0934. The number of rotatable bonds is 3. The maximum Gasteiger partial charge on any atom is 0.253 e. The van der Waals surface area contributed by atoms with Crippen LogP contribution in [0.5, 0.6) is 5.75 Å².